The molecule has 0 radical (unpaired) electrons. The Bertz CT molecular complexity index is 1350. The van der Waals surface area contributed by atoms with Gasteiger partial charge in [-0.2, -0.15) is 5.21 Å². The Balaban J connectivity index is 1.48. The maximum atomic E-state index is 12.1. The molecule has 180 valence electrons. The molecule has 2 aromatic carbocycles. The number of nitrogens with one attached hydrogen (secondary N) is 1. The molecule has 1 unspecified atom stereocenters. The number of hydrogen-bond acceptors (Lipinski definition) is 5. The minimum atomic E-state index is -0.906. The summed E-state index contributed by atoms with van der Waals surface area (Å²) in [6.07, 6.45) is 5.59. The number of hydrogen-bond donors (Lipinski definition) is 2. The van der Waals surface area contributed by atoms with Gasteiger partial charge in [0.2, 0.25) is 0 Å². The van der Waals surface area contributed by atoms with Crippen molar-refractivity contribution in [2.75, 3.05) is 4.90 Å². The zero-order valence-corrected chi connectivity index (χ0v) is 19.8. The molecule has 4 aromatic rings. The first-order valence-electron chi connectivity index (χ1n) is 12.4. The van der Waals surface area contributed by atoms with Crippen molar-refractivity contribution in [3.8, 4) is 0 Å². The van der Waals surface area contributed by atoms with Crippen LogP contribution in [0, 0.1) is 0 Å². The first-order chi connectivity index (χ1) is 17.1. The molecule has 0 saturated heterocycles. The number of aryl methyl sites for hydroxylation is 1. The third-order valence-electron chi connectivity index (χ3n) is 7.68. The molecule has 2 N–H and O–H groups in total. The molecule has 1 saturated carbocycles. The molecular weight excluding hydrogens is 442 g/mol. The number of rotatable bonds is 4. The zero-order valence-electron chi connectivity index (χ0n) is 19.8. The van der Waals surface area contributed by atoms with Gasteiger partial charge >= 0.3 is 6.09 Å². The fourth-order valence-corrected chi connectivity index (χ4v) is 6.02. The van der Waals surface area contributed by atoms with E-state index in [-0.39, 0.29) is 18.0 Å². The van der Waals surface area contributed by atoms with Crippen molar-refractivity contribution in [1.29, 1.82) is 0 Å². The fourth-order valence-electron chi connectivity index (χ4n) is 6.02. The number of aromatic nitrogens is 6. The lowest BCUT2D eigenvalue weighted by Crippen LogP contribution is -2.41. The highest BCUT2D eigenvalue weighted by molar-refractivity contribution is 5.94. The average Bonchev–Trinajstić information content (AvgIpc) is 3.52. The van der Waals surface area contributed by atoms with Gasteiger partial charge in [-0.3, -0.25) is 4.90 Å². The summed E-state index contributed by atoms with van der Waals surface area (Å²) in [4.78, 5) is 18.8. The summed E-state index contributed by atoms with van der Waals surface area (Å²) in [7, 11) is 0. The van der Waals surface area contributed by atoms with Gasteiger partial charge in [-0.05, 0) is 56.7 Å². The third-order valence-corrected chi connectivity index (χ3v) is 7.68. The molecule has 9 nitrogen and oxygen atoms in total. The summed E-state index contributed by atoms with van der Waals surface area (Å²) in [5.41, 5.74) is 5.06. The van der Waals surface area contributed by atoms with Crippen molar-refractivity contribution in [2.24, 2.45) is 0 Å². The van der Waals surface area contributed by atoms with Crippen molar-refractivity contribution >= 4 is 22.8 Å². The zero-order chi connectivity index (χ0) is 23.9. The van der Waals surface area contributed by atoms with Crippen LogP contribution in [0.15, 0.2) is 42.5 Å². The molecule has 2 aliphatic rings. The summed E-state index contributed by atoms with van der Waals surface area (Å²) in [5.74, 6) is 2.07. The normalized spacial score (nSPS) is 22.3. The van der Waals surface area contributed by atoms with E-state index >= 15 is 0 Å². The standard InChI is InChI=1S/C26H29N7O2/c1-16-10-11-20-21(32(16)26(34)35)12-13-22-24(20)27-23(14-17-6-3-2-4-7-17)33(22)19-9-5-8-18(15-19)25-28-30-31-29-25/h2-4,6-7,12-13,16,18-19H,5,8-11,14-15H2,1H3,(H,34,35)(H,28,29,30,31)/t16?,18-,19-/m1/s1. The second kappa shape index (κ2) is 8.79. The molecule has 1 aliphatic heterocycles. The Labute approximate surface area is 203 Å². The van der Waals surface area contributed by atoms with Gasteiger partial charge in [-0.1, -0.05) is 42.0 Å². The fraction of sp³-hybridized carbons (Fsp3) is 0.423. The van der Waals surface area contributed by atoms with Crippen LogP contribution in [0.5, 0.6) is 0 Å². The summed E-state index contributed by atoms with van der Waals surface area (Å²) in [6, 6.07) is 14.7. The summed E-state index contributed by atoms with van der Waals surface area (Å²) < 4.78 is 2.41. The highest BCUT2D eigenvalue weighted by atomic mass is 16.4. The van der Waals surface area contributed by atoms with Gasteiger partial charge in [0.1, 0.15) is 5.82 Å². The lowest BCUT2D eigenvalue weighted by Gasteiger charge is -2.33. The molecule has 6 rings (SSSR count). The highest BCUT2D eigenvalue weighted by Crippen LogP contribution is 2.42. The molecule has 2 aromatic heterocycles. The van der Waals surface area contributed by atoms with Crippen LogP contribution in [0.3, 0.4) is 0 Å². The van der Waals surface area contributed by atoms with Crippen molar-refractivity contribution in [2.45, 2.75) is 69.9 Å². The quantitative estimate of drug-likeness (QED) is 0.440. The number of H-pyrrole nitrogens is 1. The summed E-state index contributed by atoms with van der Waals surface area (Å²) in [6.45, 7) is 1.97. The topological polar surface area (TPSA) is 113 Å². The van der Waals surface area contributed by atoms with Crippen LogP contribution in [0.4, 0.5) is 10.5 Å². The number of anilines is 1. The van der Waals surface area contributed by atoms with Gasteiger partial charge in [0.25, 0.3) is 0 Å². The number of benzene rings is 2. The smallest absolute Gasteiger partial charge is 0.412 e. The van der Waals surface area contributed by atoms with Gasteiger partial charge in [0.05, 0.1) is 16.7 Å². The largest absolute Gasteiger partial charge is 0.465 e. The van der Waals surface area contributed by atoms with Crippen molar-refractivity contribution in [3.05, 3.63) is 65.2 Å². The molecule has 0 spiro atoms. The second-order valence-electron chi connectivity index (χ2n) is 9.82. The molecule has 1 fully saturated rings. The van der Waals surface area contributed by atoms with Crippen LogP contribution >= 0.6 is 0 Å². The van der Waals surface area contributed by atoms with Gasteiger partial charge < -0.3 is 9.67 Å². The first-order valence-corrected chi connectivity index (χ1v) is 12.4. The predicted molar refractivity (Wildman–Crippen MR) is 132 cm³/mol. The Morgan fingerprint density at radius 2 is 2.00 bits per heavy atom. The average molecular weight is 472 g/mol. The number of tetrazole rings is 1. The number of nitrogens with zero attached hydrogens (tertiary/aromatic N) is 6. The Morgan fingerprint density at radius 1 is 1.14 bits per heavy atom. The first kappa shape index (κ1) is 21.8. The van der Waals surface area contributed by atoms with Crippen molar-refractivity contribution < 1.29 is 9.90 Å². The molecule has 3 heterocycles. The monoisotopic (exact) mass is 471 g/mol. The van der Waals surface area contributed by atoms with E-state index < -0.39 is 6.09 Å². The summed E-state index contributed by atoms with van der Waals surface area (Å²) in [5, 5.41) is 24.8. The number of imidazole rings is 1. The van der Waals surface area contributed by atoms with Crippen LogP contribution in [0.2, 0.25) is 0 Å². The lowest BCUT2D eigenvalue weighted by molar-refractivity contribution is 0.198. The number of carboxylic acid groups (broad SMARTS) is 1. The molecule has 0 bridgehead atoms. The van der Waals surface area contributed by atoms with E-state index in [0.29, 0.717) is 0 Å². The third kappa shape index (κ3) is 3.84. The van der Waals surface area contributed by atoms with E-state index in [1.165, 1.54) is 10.5 Å². The Morgan fingerprint density at radius 3 is 2.77 bits per heavy atom. The van der Waals surface area contributed by atoms with E-state index in [9.17, 15) is 9.90 Å². The maximum Gasteiger partial charge on any atom is 0.412 e. The van der Waals surface area contributed by atoms with E-state index in [4.69, 9.17) is 4.98 Å². The van der Waals surface area contributed by atoms with Gasteiger partial charge in [0, 0.05) is 30.0 Å². The number of carbonyl (C=O) groups is 1. The van der Waals surface area contributed by atoms with E-state index in [1.54, 1.807) is 0 Å². The molecule has 1 aliphatic carbocycles. The maximum absolute atomic E-state index is 12.1. The van der Waals surface area contributed by atoms with Crippen LogP contribution in [0.1, 0.15) is 73.8 Å². The van der Waals surface area contributed by atoms with Gasteiger partial charge in [0.15, 0.2) is 5.82 Å². The van der Waals surface area contributed by atoms with Crippen molar-refractivity contribution in [3.63, 3.8) is 0 Å². The Hall–Kier alpha value is -3.75. The highest BCUT2D eigenvalue weighted by Gasteiger charge is 2.33. The number of aromatic amines is 1. The molecular formula is C26H29N7O2. The van der Waals surface area contributed by atoms with E-state index in [1.807, 2.05) is 19.1 Å². The van der Waals surface area contributed by atoms with Gasteiger partial charge in [-0.25, -0.2) is 9.78 Å². The predicted octanol–water partition coefficient (Wildman–Crippen LogP) is 4.86. The van der Waals surface area contributed by atoms with Crippen LogP contribution in [-0.2, 0) is 12.8 Å². The minimum absolute atomic E-state index is 0.0441. The minimum Gasteiger partial charge on any atom is -0.465 e. The lowest BCUT2D eigenvalue weighted by atomic mass is 9.85. The van der Waals surface area contributed by atoms with E-state index in [2.05, 4.69) is 55.5 Å². The SMILES string of the molecule is CC1CCc2c(ccc3c2nc(Cc2ccccc2)n3[C@@H]2CCC[C@@H](c3nn[nH]n3)C2)N1C(=O)O. The van der Waals surface area contributed by atoms with Crippen LogP contribution in [-0.4, -0.2) is 47.4 Å². The van der Waals surface area contributed by atoms with Gasteiger partial charge in [-0.15, -0.1) is 10.2 Å². The molecule has 3 atom stereocenters. The Kier molecular flexibility index (Phi) is 5.47. The number of amides is 1. The molecule has 9 heteroatoms. The number of fused-ring (bicyclic) bond motifs is 3. The van der Waals surface area contributed by atoms with Crippen LogP contribution < -0.4 is 4.90 Å². The van der Waals surface area contributed by atoms with Crippen molar-refractivity contribution in [1.82, 2.24) is 30.2 Å². The van der Waals surface area contributed by atoms with E-state index in [0.717, 1.165) is 78.9 Å². The molecule has 35 heavy (non-hydrogen) atoms. The summed E-state index contributed by atoms with van der Waals surface area (Å²) >= 11 is 0. The molecule has 1 amide bonds. The van der Waals surface area contributed by atoms with Crippen LogP contribution in [0.25, 0.3) is 11.0 Å². The second-order valence-corrected chi connectivity index (χ2v) is 9.82.